The summed E-state index contributed by atoms with van der Waals surface area (Å²) in [6.45, 7) is 2.52. The Balaban J connectivity index is 2.79. The minimum Gasteiger partial charge on any atom is -0.469 e. The zero-order chi connectivity index (χ0) is 15.3. The topological polar surface area (TPSA) is 72.7 Å². The number of carbonyl (C=O) groups excluding carboxylic acids is 1. The third kappa shape index (κ3) is 4.47. The molecule has 0 fully saturated rings. The van der Waals surface area contributed by atoms with Crippen molar-refractivity contribution < 1.29 is 14.5 Å². The van der Waals surface area contributed by atoms with Crippen LogP contribution in [0, 0.1) is 16.0 Å². The van der Waals surface area contributed by atoms with Gasteiger partial charge >= 0.3 is 5.97 Å². The second kappa shape index (κ2) is 7.21. The van der Waals surface area contributed by atoms with E-state index in [0.717, 1.165) is 0 Å². The minimum absolute atomic E-state index is 0.0203. The number of benzene rings is 1. The number of methoxy groups -OCH3 is 1. The van der Waals surface area contributed by atoms with Crippen LogP contribution < -0.4 is 0 Å². The van der Waals surface area contributed by atoms with Crippen LogP contribution in [0.2, 0.25) is 5.02 Å². The molecule has 0 spiro atoms. The molecule has 0 radical (unpaired) electrons. The summed E-state index contributed by atoms with van der Waals surface area (Å²) in [5.41, 5.74) is 0.536. The predicted octanol–water partition coefficient (Wildman–Crippen LogP) is 2.49. The van der Waals surface area contributed by atoms with Crippen molar-refractivity contribution in [3.63, 3.8) is 0 Å². The summed E-state index contributed by atoms with van der Waals surface area (Å²) >= 11 is 5.87. The van der Waals surface area contributed by atoms with Crippen LogP contribution in [0.1, 0.15) is 12.5 Å². The molecule has 0 bridgehead atoms. The summed E-state index contributed by atoms with van der Waals surface area (Å²) < 4.78 is 4.65. The zero-order valence-electron chi connectivity index (χ0n) is 11.6. The Bertz CT molecular complexity index is 507. The molecule has 0 aromatic heterocycles. The first-order valence-electron chi connectivity index (χ1n) is 6.04. The van der Waals surface area contributed by atoms with E-state index >= 15 is 0 Å². The summed E-state index contributed by atoms with van der Waals surface area (Å²) in [6.07, 6.45) is 0. The van der Waals surface area contributed by atoms with Gasteiger partial charge in [0.1, 0.15) is 0 Å². The van der Waals surface area contributed by atoms with Gasteiger partial charge in [-0.1, -0.05) is 18.5 Å². The van der Waals surface area contributed by atoms with E-state index in [0.29, 0.717) is 23.7 Å². The molecule has 0 saturated heterocycles. The van der Waals surface area contributed by atoms with Crippen LogP contribution in [-0.2, 0) is 16.1 Å². The first-order chi connectivity index (χ1) is 9.35. The highest BCUT2D eigenvalue weighted by Gasteiger charge is 2.19. The average molecular weight is 301 g/mol. The van der Waals surface area contributed by atoms with Gasteiger partial charge in [-0.2, -0.15) is 0 Å². The number of carbonyl (C=O) groups is 1. The molecule has 6 nitrogen and oxygen atoms in total. The Labute approximate surface area is 122 Å². The molecule has 1 rings (SSSR count). The number of hydrogen-bond acceptors (Lipinski definition) is 5. The monoisotopic (exact) mass is 300 g/mol. The van der Waals surface area contributed by atoms with Gasteiger partial charge in [-0.05, 0) is 19.2 Å². The lowest BCUT2D eigenvalue weighted by molar-refractivity contribution is -0.385. The molecule has 1 aromatic rings. The van der Waals surface area contributed by atoms with Crippen molar-refractivity contribution in [1.82, 2.24) is 4.90 Å². The van der Waals surface area contributed by atoms with E-state index in [-0.39, 0.29) is 17.6 Å². The maximum absolute atomic E-state index is 11.4. The molecule has 0 aliphatic carbocycles. The Kier molecular flexibility index (Phi) is 5.91. The summed E-state index contributed by atoms with van der Waals surface area (Å²) in [4.78, 5) is 23.7. The first kappa shape index (κ1) is 16.4. The van der Waals surface area contributed by atoms with Gasteiger partial charge < -0.3 is 9.64 Å². The van der Waals surface area contributed by atoms with Crippen molar-refractivity contribution in [2.24, 2.45) is 5.92 Å². The molecule has 0 aliphatic heterocycles. The molecule has 7 heteroatoms. The number of nitro groups is 1. The zero-order valence-corrected chi connectivity index (χ0v) is 12.4. The van der Waals surface area contributed by atoms with Gasteiger partial charge in [0.15, 0.2) is 0 Å². The second-order valence-corrected chi connectivity index (χ2v) is 5.09. The van der Waals surface area contributed by atoms with Crippen LogP contribution in [0.5, 0.6) is 0 Å². The Morgan fingerprint density at radius 2 is 2.20 bits per heavy atom. The van der Waals surface area contributed by atoms with E-state index in [1.54, 1.807) is 20.0 Å². The lowest BCUT2D eigenvalue weighted by Crippen LogP contribution is -2.29. The highest BCUT2D eigenvalue weighted by Crippen LogP contribution is 2.24. The summed E-state index contributed by atoms with van der Waals surface area (Å²) in [7, 11) is 3.12. The lowest BCUT2D eigenvalue weighted by Gasteiger charge is -2.20. The molecule has 0 amide bonds. The van der Waals surface area contributed by atoms with E-state index in [1.165, 1.54) is 19.2 Å². The van der Waals surface area contributed by atoms with E-state index in [4.69, 9.17) is 11.6 Å². The highest BCUT2D eigenvalue weighted by molar-refractivity contribution is 6.30. The van der Waals surface area contributed by atoms with Crippen LogP contribution in [-0.4, -0.2) is 36.5 Å². The standard InChI is InChI=1S/C13H17ClN2O4/c1-9(13(17)20-3)7-15(2)8-10-6-11(14)4-5-12(10)16(18)19/h4-6,9H,7-8H2,1-3H3. The van der Waals surface area contributed by atoms with Crippen LogP contribution >= 0.6 is 11.6 Å². The predicted molar refractivity (Wildman–Crippen MR) is 75.6 cm³/mol. The quantitative estimate of drug-likeness (QED) is 0.458. The minimum atomic E-state index is -0.441. The number of ether oxygens (including phenoxy) is 1. The summed E-state index contributed by atoms with van der Waals surface area (Å²) in [5.74, 6) is -0.610. The number of nitrogens with zero attached hydrogens (tertiary/aromatic N) is 2. The molecular weight excluding hydrogens is 284 g/mol. The van der Waals surface area contributed by atoms with Gasteiger partial charge in [-0.15, -0.1) is 0 Å². The van der Waals surface area contributed by atoms with Gasteiger partial charge in [-0.25, -0.2) is 0 Å². The number of halogens is 1. The SMILES string of the molecule is COC(=O)C(C)CN(C)Cc1cc(Cl)ccc1[N+](=O)[O-]. The second-order valence-electron chi connectivity index (χ2n) is 4.65. The molecule has 1 aromatic carbocycles. The van der Waals surface area contributed by atoms with E-state index < -0.39 is 4.92 Å². The summed E-state index contributed by atoms with van der Waals surface area (Å²) in [5, 5.41) is 11.4. The van der Waals surface area contributed by atoms with Gasteiger partial charge in [0.25, 0.3) is 5.69 Å². The van der Waals surface area contributed by atoms with Crippen LogP contribution in [0.4, 0.5) is 5.69 Å². The molecule has 0 heterocycles. The Morgan fingerprint density at radius 3 is 2.75 bits per heavy atom. The smallest absolute Gasteiger partial charge is 0.309 e. The molecule has 0 aliphatic rings. The fraction of sp³-hybridized carbons (Fsp3) is 0.462. The number of nitro benzene ring substituents is 1. The Morgan fingerprint density at radius 1 is 1.55 bits per heavy atom. The van der Waals surface area contributed by atoms with Crippen molar-refractivity contribution in [3.05, 3.63) is 38.9 Å². The fourth-order valence-electron chi connectivity index (χ4n) is 1.96. The van der Waals surface area contributed by atoms with Crippen LogP contribution in [0.3, 0.4) is 0 Å². The molecule has 1 unspecified atom stereocenters. The average Bonchev–Trinajstić information content (AvgIpc) is 2.37. The normalized spacial score (nSPS) is 12.2. The van der Waals surface area contributed by atoms with Crippen molar-refractivity contribution in [2.45, 2.75) is 13.5 Å². The highest BCUT2D eigenvalue weighted by atomic mass is 35.5. The first-order valence-corrected chi connectivity index (χ1v) is 6.42. The van der Waals surface area contributed by atoms with Crippen LogP contribution in [0.25, 0.3) is 0 Å². The van der Waals surface area contributed by atoms with Gasteiger partial charge in [-0.3, -0.25) is 14.9 Å². The maximum atomic E-state index is 11.4. The maximum Gasteiger partial charge on any atom is 0.309 e. The van der Waals surface area contributed by atoms with E-state index in [2.05, 4.69) is 4.74 Å². The molecule has 110 valence electrons. The number of esters is 1. The molecule has 20 heavy (non-hydrogen) atoms. The molecule has 1 atom stereocenters. The molecular formula is C13H17ClN2O4. The third-order valence-electron chi connectivity index (χ3n) is 2.87. The third-order valence-corrected chi connectivity index (χ3v) is 3.10. The van der Waals surface area contributed by atoms with Crippen LogP contribution in [0.15, 0.2) is 18.2 Å². The molecule has 0 saturated carbocycles. The largest absolute Gasteiger partial charge is 0.469 e. The molecule has 0 N–H and O–H groups in total. The van der Waals surface area contributed by atoms with Crippen molar-refractivity contribution in [1.29, 1.82) is 0 Å². The lowest BCUT2D eigenvalue weighted by atomic mass is 10.1. The summed E-state index contributed by atoms with van der Waals surface area (Å²) in [6, 6.07) is 4.44. The van der Waals surface area contributed by atoms with Gasteiger partial charge in [0.2, 0.25) is 0 Å². The Hall–Kier alpha value is -1.66. The van der Waals surface area contributed by atoms with Crippen molar-refractivity contribution >= 4 is 23.3 Å². The van der Waals surface area contributed by atoms with Gasteiger partial charge in [0, 0.05) is 29.7 Å². The van der Waals surface area contributed by atoms with Gasteiger partial charge in [0.05, 0.1) is 18.0 Å². The van der Waals surface area contributed by atoms with Crippen molar-refractivity contribution in [3.8, 4) is 0 Å². The van der Waals surface area contributed by atoms with E-state index in [9.17, 15) is 14.9 Å². The number of hydrogen-bond donors (Lipinski definition) is 0. The van der Waals surface area contributed by atoms with Crippen molar-refractivity contribution in [2.75, 3.05) is 20.7 Å². The number of rotatable bonds is 6. The fourth-order valence-corrected chi connectivity index (χ4v) is 2.15. The van der Waals surface area contributed by atoms with E-state index in [1.807, 2.05) is 4.90 Å².